The number of fused-ring (bicyclic) bond motifs is 1. The number of unbranched alkanes of at least 4 members (excludes halogenated alkanes) is 1. The molecule has 2 heteroatoms. The molecule has 0 radical (unpaired) electrons. The average molecular weight is 288 g/mol. The highest BCUT2D eigenvalue weighted by atomic mass is 14.9. The zero-order chi connectivity index (χ0) is 15.1. The van der Waals surface area contributed by atoms with Crippen molar-refractivity contribution >= 4 is 0 Å². The number of hydrogen-bond acceptors (Lipinski definition) is 2. The Morgan fingerprint density at radius 3 is 2.90 bits per heavy atom. The van der Waals surface area contributed by atoms with Crippen molar-refractivity contribution < 1.29 is 0 Å². The molecule has 0 spiro atoms. The Morgan fingerprint density at radius 1 is 1.33 bits per heavy atom. The highest BCUT2D eigenvalue weighted by Gasteiger charge is 2.32. The van der Waals surface area contributed by atoms with Crippen molar-refractivity contribution in [3.8, 4) is 0 Å². The third-order valence-corrected chi connectivity index (χ3v) is 5.07. The number of aryl methyl sites for hydroxylation is 1. The third kappa shape index (κ3) is 4.06. The molecule has 118 valence electrons. The molecule has 1 heterocycles. The number of likely N-dealkylation sites (N-methyl/N-ethyl adjacent to an activating group) is 1. The lowest BCUT2D eigenvalue weighted by atomic mass is 9.75. The van der Waals surface area contributed by atoms with Crippen molar-refractivity contribution in [2.45, 2.75) is 77.7 Å². The van der Waals surface area contributed by atoms with Crippen LogP contribution in [-0.2, 0) is 6.42 Å². The van der Waals surface area contributed by atoms with Crippen LogP contribution in [-0.4, -0.2) is 17.6 Å². The van der Waals surface area contributed by atoms with Crippen LogP contribution in [0.4, 0.5) is 0 Å². The molecule has 3 atom stereocenters. The standard InChI is InChI=1S/C19H32N2/c1-4-7-10-15(5-2)18(20-6-3)17-13-8-11-16-12-9-14-21-19(16)17/h9,12,14-15,17-18,20H,4-8,10-11,13H2,1-3H3. The van der Waals surface area contributed by atoms with Gasteiger partial charge in [-0.15, -0.1) is 0 Å². The van der Waals surface area contributed by atoms with Crippen LogP contribution < -0.4 is 5.32 Å². The van der Waals surface area contributed by atoms with Gasteiger partial charge < -0.3 is 5.32 Å². The Balaban J connectivity index is 2.21. The van der Waals surface area contributed by atoms with Crippen LogP contribution in [0.25, 0.3) is 0 Å². The van der Waals surface area contributed by atoms with Crippen molar-refractivity contribution in [1.82, 2.24) is 10.3 Å². The second-order valence-electron chi connectivity index (χ2n) is 6.44. The molecular weight excluding hydrogens is 256 g/mol. The van der Waals surface area contributed by atoms with E-state index in [4.69, 9.17) is 4.98 Å². The van der Waals surface area contributed by atoms with Crippen LogP contribution in [0.2, 0.25) is 0 Å². The first kappa shape index (κ1) is 16.5. The van der Waals surface area contributed by atoms with E-state index >= 15 is 0 Å². The average Bonchev–Trinajstić information content (AvgIpc) is 2.54. The minimum atomic E-state index is 0.598. The molecule has 21 heavy (non-hydrogen) atoms. The van der Waals surface area contributed by atoms with E-state index in [2.05, 4.69) is 38.2 Å². The van der Waals surface area contributed by atoms with Crippen LogP contribution in [0.1, 0.15) is 76.5 Å². The van der Waals surface area contributed by atoms with Gasteiger partial charge in [-0.3, -0.25) is 4.98 Å². The Hall–Kier alpha value is -0.890. The second kappa shape index (κ2) is 8.53. The Kier molecular flexibility index (Phi) is 6.69. The Labute approximate surface area is 130 Å². The summed E-state index contributed by atoms with van der Waals surface area (Å²) < 4.78 is 0. The molecule has 1 aromatic rings. The lowest BCUT2D eigenvalue weighted by Crippen LogP contribution is -2.42. The molecule has 1 aliphatic rings. The van der Waals surface area contributed by atoms with Crippen LogP contribution >= 0.6 is 0 Å². The van der Waals surface area contributed by atoms with Gasteiger partial charge in [0, 0.05) is 23.9 Å². The van der Waals surface area contributed by atoms with Gasteiger partial charge in [0.15, 0.2) is 0 Å². The molecule has 0 aliphatic heterocycles. The molecule has 0 aromatic carbocycles. The first-order valence-corrected chi connectivity index (χ1v) is 8.98. The summed E-state index contributed by atoms with van der Waals surface area (Å²) in [6, 6.07) is 4.98. The van der Waals surface area contributed by atoms with Crippen LogP contribution in [0, 0.1) is 5.92 Å². The van der Waals surface area contributed by atoms with Crippen molar-refractivity contribution in [1.29, 1.82) is 0 Å². The monoisotopic (exact) mass is 288 g/mol. The fourth-order valence-corrected chi connectivity index (χ4v) is 3.97. The third-order valence-electron chi connectivity index (χ3n) is 5.07. The van der Waals surface area contributed by atoms with Gasteiger partial charge in [-0.05, 0) is 49.8 Å². The normalized spacial score (nSPS) is 20.8. The topological polar surface area (TPSA) is 24.9 Å². The molecule has 2 nitrogen and oxygen atoms in total. The van der Waals surface area contributed by atoms with E-state index in [1.54, 1.807) is 0 Å². The highest BCUT2D eigenvalue weighted by Crippen LogP contribution is 2.37. The number of pyridine rings is 1. The number of rotatable bonds is 8. The summed E-state index contributed by atoms with van der Waals surface area (Å²) >= 11 is 0. The summed E-state index contributed by atoms with van der Waals surface area (Å²) in [6.45, 7) is 7.95. The van der Waals surface area contributed by atoms with Gasteiger partial charge in [-0.1, -0.05) is 46.1 Å². The lowest BCUT2D eigenvalue weighted by molar-refractivity contribution is 0.262. The van der Waals surface area contributed by atoms with E-state index < -0.39 is 0 Å². The van der Waals surface area contributed by atoms with Crippen LogP contribution in [0.3, 0.4) is 0 Å². The molecule has 2 rings (SSSR count). The maximum atomic E-state index is 4.76. The molecular formula is C19H32N2. The second-order valence-corrected chi connectivity index (χ2v) is 6.44. The minimum Gasteiger partial charge on any atom is -0.313 e. The van der Waals surface area contributed by atoms with Gasteiger partial charge in [0.05, 0.1) is 0 Å². The first-order valence-electron chi connectivity index (χ1n) is 8.98. The summed E-state index contributed by atoms with van der Waals surface area (Å²) in [5.74, 6) is 1.39. The minimum absolute atomic E-state index is 0.598. The molecule has 3 unspecified atom stereocenters. The fourth-order valence-electron chi connectivity index (χ4n) is 3.97. The number of nitrogens with one attached hydrogen (secondary N) is 1. The van der Waals surface area contributed by atoms with E-state index in [1.807, 2.05) is 6.20 Å². The molecule has 0 saturated heterocycles. The summed E-state index contributed by atoms with van der Waals surface area (Å²) in [5.41, 5.74) is 2.87. The first-order chi connectivity index (χ1) is 10.3. The zero-order valence-electron chi connectivity index (χ0n) is 14.1. The Morgan fingerprint density at radius 2 is 2.19 bits per heavy atom. The molecule has 1 aromatic heterocycles. The fraction of sp³-hybridized carbons (Fsp3) is 0.737. The summed E-state index contributed by atoms with van der Waals surface area (Å²) in [5, 5.41) is 3.81. The summed E-state index contributed by atoms with van der Waals surface area (Å²) in [4.78, 5) is 4.76. The predicted octanol–water partition coefficient (Wildman–Crippen LogP) is 4.70. The van der Waals surface area contributed by atoms with Crippen molar-refractivity contribution in [3.05, 3.63) is 29.6 Å². The molecule has 1 N–H and O–H groups in total. The van der Waals surface area contributed by atoms with Gasteiger partial charge >= 0.3 is 0 Å². The quantitative estimate of drug-likeness (QED) is 0.750. The number of hydrogen-bond donors (Lipinski definition) is 1. The van der Waals surface area contributed by atoms with Gasteiger partial charge in [-0.25, -0.2) is 0 Å². The van der Waals surface area contributed by atoms with Gasteiger partial charge in [0.25, 0.3) is 0 Å². The van der Waals surface area contributed by atoms with E-state index in [9.17, 15) is 0 Å². The van der Waals surface area contributed by atoms with Crippen molar-refractivity contribution in [3.63, 3.8) is 0 Å². The van der Waals surface area contributed by atoms with Crippen molar-refractivity contribution in [2.75, 3.05) is 6.54 Å². The van der Waals surface area contributed by atoms with E-state index in [1.165, 1.54) is 56.2 Å². The maximum absolute atomic E-state index is 4.76. The Bertz CT molecular complexity index is 416. The van der Waals surface area contributed by atoms with Gasteiger partial charge in [-0.2, -0.15) is 0 Å². The molecule has 0 saturated carbocycles. The van der Waals surface area contributed by atoms with Crippen LogP contribution in [0.5, 0.6) is 0 Å². The zero-order valence-corrected chi connectivity index (χ0v) is 14.1. The molecule has 0 fully saturated rings. The molecule has 1 aliphatic carbocycles. The smallest absolute Gasteiger partial charge is 0.0482 e. The molecule has 0 bridgehead atoms. The van der Waals surface area contributed by atoms with Crippen molar-refractivity contribution in [2.24, 2.45) is 5.92 Å². The maximum Gasteiger partial charge on any atom is 0.0482 e. The summed E-state index contributed by atoms with van der Waals surface area (Å²) in [6.07, 6.45) is 11.1. The predicted molar refractivity (Wildman–Crippen MR) is 90.7 cm³/mol. The van der Waals surface area contributed by atoms with E-state index in [-0.39, 0.29) is 0 Å². The number of nitrogens with zero attached hydrogens (tertiary/aromatic N) is 1. The van der Waals surface area contributed by atoms with Crippen LogP contribution in [0.15, 0.2) is 18.3 Å². The van der Waals surface area contributed by atoms with Gasteiger partial charge in [0.2, 0.25) is 0 Å². The summed E-state index contributed by atoms with van der Waals surface area (Å²) in [7, 11) is 0. The largest absolute Gasteiger partial charge is 0.313 e. The van der Waals surface area contributed by atoms with Gasteiger partial charge in [0.1, 0.15) is 0 Å². The number of aromatic nitrogens is 1. The highest BCUT2D eigenvalue weighted by molar-refractivity contribution is 5.27. The SMILES string of the molecule is CCCCC(CC)C(NCC)C1CCCc2cccnc21. The molecule has 0 amide bonds. The lowest BCUT2D eigenvalue weighted by Gasteiger charge is -2.37. The van der Waals surface area contributed by atoms with E-state index in [0.29, 0.717) is 12.0 Å². The van der Waals surface area contributed by atoms with E-state index in [0.717, 1.165) is 12.5 Å².